The molecule has 0 spiro atoms. The van der Waals surface area contributed by atoms with Crippen molar-refractivity contribution in [1.82, 2.24) is 0 Å². The second kappa shape index (κ2) is 110. The summed E-state index contributed by atoms with van der Waals surface area (Å²) in [4.78, 5) is 0. The predicted molar refractivity (Wildman–Crippen MR) is 30.7 cm³/mol. The summed E-state index contributed by atoms with van der Waals surface area (Å²) in [7, 11) is 0. The third-order valence-electron chi connectivity index (χ3n) is 0.167. The molecule has 8 heavy (non-hydrogen) atoms. The topological polar surface area (TPSA) is 47.6 Å². The van der Waals surface area contributed by atoms with E-state index in [4.69, 9.17) is 23.7 Å². The Kier molecular flexibility index (Phi) is 216. The summed E-state index contributed by atoms with van der Waals surface area (Å²) in [5, 5.41) is 13.5. The van der Waals surface area contributed by atoms with Gasteiger partial charge in [0, 0.05) is 0 Å². The summed E-state index contributed by atoms with van der Waals surface area (Å²) in [6.45, 7) is 13.0. The molecule has 0 N–H and O–H groups in total. The first-order chi connectivity index (χ1) is 3.91. The van der Waals surface area contributed by atoms with Crippen LogP contribution < -0.4 is 0 Å². The van der Waals surface area contributed by atoms with Crippen molar-refractivity contribution < 1.29 is 0 Å². The second-order valence-corrected chi connectivity index (χ2v) is 0.996. The molecule has 0 bridgehead atoms. The standard InChI is InChI=1S/C3H5.2CN.Al/c1-3-2;2*1-2;/h3H,1-2H2;;;/q;2*-1;+2. The van der Waals surface area contributed by atoms with E-state index in [1.165, 1.54) is 0 Å². The average Bonchev–Trinajstić information content (AvgIpc) is 1.96. The molecule has 0 aliphatic heterocycles. The van der Waals surface area contributed by atoms with E-state index in [1.807, 2.05) is 6.08 Å². The van der Waals surface area contributed by atoms with Gasteiger partial charge in [0.25, 0.3) is 0 Å². The van der Waals surface area contributed by atoms with Gasteiger partial charge in [-0.15, -0.1) is 0 Å². The fourth-order valence-electron chi connectivity index (χ4n) is 0. The first-order valence-corrected chi connectivity index (χ1v) is 2.49. The Hall–Kier alpha value is -0.748. The molecule has 0 aliphatic rings. The van der Waals surface area contributed by atoms with Crippen LogP contribution in [0.2, 0.25) is 5.28 Å². The van der Waals surface area contributed by atoms with Crippen molar-refractivity contribution in [2.75, 3.05) is 0 Å². The van der Waals surface area contributed by atoms with E-state index in [1.54, 1.807) is 0 Å². The normalized spacial score (nSPS) is 3.75. The first kappa shape index (κ1) is 15.7. The summed E-state index contributed by atoms with van der Waals surface area (Å²) >= 11 is 2.54. The van der Waals surface area contributed by atoms with Gasteiger partial charge in [-0.05, 0) is 0 Å². The van der Waals surface area contributed by atoms with E-state index in [0.717, 1.165) is 5.28 Å². The molecule has 0 radical (unpaired) electrons. The maximum Gasteiger partial charge on any atom is -0.488 e. The number of allylic oxidation sites excluding steroid dienone is 1. The molecule has 0 aliphatic carbocycles. The minimum absolute atomic E-state index is 1.00. The van der Waals surface area contributed by atoms with Crippen molar-refractivity contribution in [2.45, 2.75) is 5.28 Å². The van der Waals surface area contributed by atoms with Crippen molar-refractivity contribution >= 4 is 16.3 Å². The van der Waals surface area contributed by atoms with E-state index >= 15 is 0 Å². The Morgan fingerprint density at radius 1 is 1.38 bits per heavy atom. The molecule has 0 aromatic carbocycles. The Bertz CT molecular complexity index is 59.3. The summed E-state index contributed by atoms with van der Waals surface area (Å²) in [6, 6.07) is 0. The fourth-order valence-corrected chi connectivity index (χ4v) is 0. The van der Waals surface area contributed by atoms with Crippen molar-refractivity contribution in [3.63, 3.8) is 0 Å². The van der Waals surface area contributed by atoms with Crippen LogP contribution in [-0.4, -0.2) is 16.3 Å². The molecule has 0 unspecified atom stereocenters. The fraction of sp³-hybridized carbons (Fsp3) is 0.200. The second-order valence-electron chi connectivity index (χ2n) is 0.524. The zero-order chi connectivity index (χ0) is 7.41. The van der Waals surface area contributed by atoms with Gasteiger partial charge in [0.15, 0.2) is 0 Å². The quantitative estimate of drug-likeness (QED) is 0.294. The molecule has 0 amide bonds. The average molecular weight is 120 g/mol. The van der Waals surface area contributed by atoms with Gasteiger partial charge >= 0.3 is 34.2 Å². The van der Waals surface area contributed by atoms with E-state index in [-0.39, 0.29) is 0 Å². The van der Waals surface area contributed by atoms with Crippen LogP contribution in [0.5, 0.6) is 0 Å². The minimum Gasteiger partial charge on any atom is -0.512 e. The number of hydrogen-bond acceptors (Lipinski definition) is 2. The molecule has 0 saturated carbocycles. The van der Waals surface area contributed by atoms with Gasteiger partial charge < -0.3 is 23.7 Å². The maximum atomic E-state index is 6.25. The van der Waals surface area contributed by atoms with Gasteiger partial charge in [0.1, 0.15) is 0 Å². The van der Waals surface area contributed by atoms with Gasteiger partial charge in [0.05, 0.1) is 0 Å². The minimum atomic E-state index is 1.00. The maximum absolute atomic E-state index is 6.25. The smallest absolute Gasteiger partial charge is 0.488 e. The molecule has 0 heterocycles. The van der Waals surface area contributed by atoms with E-state index in [2.05, 4.69) is 22.9 Å². The van der Waals surface area contributed by atoms with E-state index in [0.29, 0.717) is 0 Å². The van der Waals surface area contributed by atoms with Crippen molar-refractivity contribution in [1.29, 1.82) is 10.5 Å². The van der Waals surface area contributed by atoms with Gasteiger partial charge in [0.2, 0.25) is 0 Å². The van der Waals surface area contributed by atoms with Crippen molar-refractivity contribution in [3.8, 4) is 0 Å². The van der Waals surface area contributed by atoms with Gasteiger partial charge in [-0.1, -0.05) is 0 Å². The van der Waals surface area contributed by atoms with Crippen LogP contribution in [-0.2, 0) is 0 Å². The van der Waals surface area contributed by atoms with Gasteiger partial charge in [-0.2, -0.15) is 0 Å². The van der Waals surface area contributed by atoms with Crippen LogP contribution in [0.25, 0.3) is 0 Å². The van der Waals surface area contributed by atoms with Crippen LogP contribution in [0.3, 0.4) is 0 Å². The Labute approximate surface area is 58.5 Å². The van der Waals surface area contributed by atoms with E-state index < -0.39 is 0 Å². The number of rotatable bonds is 1. The van der Waals surface area contributed by atoms with Crippen LogP contribution in [0.15, 0.2) is 12.7 Å². The van der Waals surface area contributed by atoms with Gasteiger partial charge in [-0.25, -0.2) is 0 Å². The molecule has 0 saturated heterocycles. The van der Waals surface area contributed by atoms with E-state index in [9.17, 15) is 0 Å². The summed E-state index contributed by atoms with van der Waals surface area (Å²) in [5.74, 6) is 0. The zero-order valence-electron chi connectivity index (χ0n) is 4.46. The molecule has 3 heteroatoms. The molecule has 0 fully saturated rings. The summed E-state index contributed by atoms with van der Waals surface area (Å²) in [5.41, 5.74) is 0. The predicted octanol–water partition coefficient (Wildman–Crippen LogP) is 0.952. The first-order valence-electron chi connectivity index (χ1n) is 1.67. The Morgan fingerprint density at radius 3 is 1.50 bits per heavy atom. The van der Waals surface area contributed by atoms with Crippen LogP contribution in [0.4, 0.5) is 0 Å². The molecule has 0 rings (SSSR count). The molecule has 38 valence electrons. The molecular weight excluding hydrogens is 115 g/mol. The Balaban J connectivity index is -0.0000000542. The number of nitrogens with zero attached hydrogens (tertiary/aromatic N) is 2. The Morgan fingerprint density at radius 2 is 1.50 bits per heavy atom. The third-order valence-corrected chi connectivity index (χ3v) is 0.500. The van der Waals surface area contributed by atoms with Crippen molar-refractivity contribution in [2.24, 2.45) is 0 Å². The van der Waals surface area contributed by atoms with Crippen LogP contribution in [0.1, 0.15) is 0 Å². The van der Waals surface area contributed by atoms with Gasteiger partial charge in [-0.3, -0.25) is 0 Å². The molecule has 0 atom stereocenters. The third kappa shape index (κ3) is 1490. The molecule has 0 aromatic heterocycles. The van der Waals surface area contributed by atoms with Crippen molar-refractivity contribution in [3.05, 3.63) is 25.8 Å². The zero-order valence-corrected chi connectivity index (χ0v) is 5.62. The molecular formula is C5H5AlN2. The van der Waals surface area contributed by atoms with Crippen LogP contribution in [0, 0.1) is 23.7 Å². The van der Waals surface area contributed by atoms with Crippen LogP contribution >= 0.6 is 0 Å². The SMILES string of the molecule is C=C[CH2][Al+2].[C-]#N.[C-]#N. The number of hydrogen-bond donors (Lipinski definition) is 0. The monoisotopic (exact) mass is 120 g/mol. The summed E-state index contributed by atoms with van der Waals surface area (Å²) in [6.07, 6.45) is 1.84. The largest absolute Gasteiger partial charge is 0.512 e. The molecule has 2 nitrogen and oxygen atoms in total. The summed E-state index contributed by atoms with van der Waals surface area (Å²) < 4.78 is 0. The molecule has 0 aromatic rings.